The minimum Gasteiger partial charge on any atom is -0.476 e. The number of nitrogens with zero attached hydrogens (tertiary/aromatic N) is 2. The zero-order chi connectivity index (χ0) is 10.0. The largest absolute Gasteiger partial charge is 0.476 e. The van der Waals surface area contributed by atoms with Gasteiger partial charge in [-0.05, 0) is 0 Å². The molecule has 0 amide bonds. The number of aromatic carboxylic acids is 1. The lowest BCUT2D eigenvalue weighted by Crippen LogP contribution is -2.17. The van der Waals surface area contributed by atoms with Crippen molar-refractivity contribution in [2.45, 2.75) is 6.04 Å². The predicted octanol–water partition coefficient (Wildman–Crippen LogP) is -0.890. The van der Waals surface area contributed by atoms with Crippen molar-refractivity contribution < 1.29 is 15.0 Å². The Balaban J connectivity index is 3.11. The number of carboxylic acids is 1. The van der Waals surface area contributed by atoms with Crippen molar-refractivity contribution in [3.05, 3.63) is 17.5 Å². The molecule has 0 saturated heterocycles. The summed E-state index contributed by atoms with van der Waals surface area (Å²) in [4.78, 5) is 10.6. The van der Waals surface area contributed by atoms with Crippen molar-refractivity contribution in [2.75, 3.05) is 6.61 Å². The summed E-state index contributed by atoms with van der Waals surface area (Å²) < 4.78 is 1.36. The van der Waals surface area contributed by atoms with E-state index in [9.17, 15) is 4.79 Å². The minimum atomic E-state index is -1.14. The molecule has 13 heavy (non-hydrogen) atoms. The van der Waals surface area contributed by atoms with Crippen LogP contribution in [0.1, 0.15) is 22.1 Å². The standard InChI is InChI=1S/C7H11N3O3/c1-10-2-4(5(8)3-11)6(9-10)7(12)13/h2,5,11H,3,8H2,1H3,(H,12,13). The lowest BCUT2D eigenvalue weighted by atomic mass is 10.1. The first-order valence-corrected chi connectivity index (χ1v) is 3.69. The summed E-state index contributed by atoms with van der Waals surface area (Å²) in [6, 6.07) is -0.695. The molecule has 0 saturated carbocycles. The molecule has 1 unspecified atom stereocenters. The first-order valence-electron chi connectivity index (χ1n) is 3.69. The van der Waals surface area contributed by atoms with E-state index in [0.29, 0.717) is 5.56 Å². The number of aromatic nitrogens is 2. The Hall–Kier alpha value is -1.40. The molecule has 1 atom stereocenters. The Labute approximate surface area is 74.6 Å². The van der Waals surface area contributed by atoms with Crippen molar-refractivity contribution in [3.8, 4) is 0 Å². The average molecular weight is 185 g/mol. The first-order chi connectivity index (χ1) is 6.06. The summed E-state index contributed by atoms with van der Waals surface area (Å²) in [6.07, 6.45) is 1.49. The number of aryl methyl sites for hydroxylation is 1. The van der Waals surface area contributed by atoms with E-state index >= 15 is 0 Å². The Morgan fingerprint density at radius 2 is 2.46 bits per heavy atom. The van der Waals surface area contributed by atoms with Crippen LogP contribution in [0.2, 0.25) is 0 Å². The van der Waals surface area contributed by atoms with E-state index < -0.39 is 12.0 Å². The molecular weight excluding hydrogens is 174 g/mol. The van der Waals surface area contributed by atoms with Gasteiger partial charge in [0, 0.05) is 18.8 Å². The number of hydrogen-bond donors (Lipinski definition) is 3. The molecule has 0 aromatic carbocycles. The number of rotatable bonds is 3. The molecule has 1 aromatic heterocycles. The van der Waals surface area contributed by atoms with Crippen LogP contribution < -0.4 is 5.73 Å². The second-order valence-corrected chi connectivity index (χ2v) is 2.70. The van der Waals surface area contributed by atoms with Crippen LogP contribution in [0, 0.1) is 0 Å². The van der Waals surface area contributed by atoms with Gasteiger partial charge in [0.15, 0.2) is 5.69 Å². The van der Waals surface area contributed by atoms with Gasteiger partial charge in [0.1, 0.15) is 0 Å². The second-order valence-electron chi connectivity index (χ2n) is 2.70. The summed E-state index contributed by atoms with van der Waals surface area (Å²) in [5.74, 6) is -1.14. The highest BCUT2D eigenvalue weighted by Gasteiger charge is 2.19. The average Bonchev–Trinajstić information content (AvgIpc) is 2.46. The molecule has 1 aromatic rings. The maximum absolute atomic E-state index is 10.6. The fourth-order valence-electron chi connectivity index (χ4n) is 1.04. The molecule has 1 heterocycles. The van der Waals surface area contributed by atoms with Gasteiger partial charge in [-0.25, -0.2) is 4.79 Å². The molecule has 1 rings (SSSR count). The maximum atomic E-state index is 10.6. The van der Waals surface area contributed by atoms with Crippen molar-refractivity contribution in [1.82, 2.24) is 9.78 Å². The number of hydrogen-bond acceptors (Lipinski definition) is 4. The summed E-state index contributed by atoms with van der Waals surface area (Å²) in [5.41, 5.74) is 5.72. The Morgan fingerprint density at radius 3 is 2.92 bits per heavy atom. The van der Waals surface area contributed by atoms with Gasteiger partial charge >= 0.3 is 5.97 Å². The Kier molecular flexibility index (Phi) is 2.64. The first kappa shape index (κ1) is 9.69. The third-order valence-corrected chi connectivity index (χ3v) is 1.66. The van der Waals surface area contributed by atoms with Gasteiger partial charge in [0.25, 0.3) is 0 Å². The highest BCUT2D eigenvalue weighted by atomic mass is 16.4. The molecule has 4 N–H and O–H groups in total. The van der Waals surface area contributed by atoms with Crippen molar-refractivity contribution in [1.29, 1.82) is 0 Å². The summed E-state index contributed by atoms with van der Waals surface area (Å²) in [5, 5.41) is 21.2. The number of carboxylic acid groups (broad SMARTS) is 1. The fraction of sp³-hybridized carbons (Fsp3) is 0.429. The van der Waals surface area contributed by atoms with Gasteiger partial charge in [0.2, 0.25) is 0 Å². The SMILES string of the molecule is Cn1cc(C(N)CO)c(C(=O)O)n1. The molecule has 0 bridgehead atoms. The third-order valence-electron chi connectivity index (χ3n) is 1.66. The smallest absolute Gasteiger partial charge is 0.356 e. The zero-order valence-corrected chi connectivity index (χ0v) is 7.14. The van der Waals surface area contributed by atoms with Crippen LogP contribution in [0.3, 0.4) is 0 Å². The van der Waals surface area contributed by atoms with E-state index in [4.69, 9.17) is 15.9 Å². The Bertz CT molecular complexity index is 321. The van der Waals surface area contributed by atoms with Gasteiger partial charge in [0.05, 0.1) is 12.6 Å². The molecule has 0 fully saturated rings. The van der Waals surface area contributed by atoms with Crippen molar-refractivity contribution in [3.63, 3.8) is 0 Å². The summed E-state index contributed by atoms with van der Waals surface area (Å²) in [7, 11) is 1.60. The number of nitrogens with two attached hydrogens (primary N) is 1. The topological polar surface area (TPSA) is 101 Å². The monoisotopic (exact) mass is 185 g/mol. The molecule has 6 nitrogen and oxygen atoms in total. The quantitative estimate of drug-likeness (QED) is 0.567. The molecule has 0 aliphatic rings. The highest BCUT2D eigenvalue weighted by molar-refractivity contribution is 5.87. The Morgan fingerprint density at radius 1 is 1.85 bits per heavy atom. The van der Waals surface area contributed by atoms with Gasteiger partial charge < -0.3 is 15.9 Å². The van der Waals surface area contributed by atoms with E-state index in [1.54, 1.807) is 7.05 Å². The third kappa shape index (κ3) is 1.85. The lowest BCUT2D eigenvalue weighted by Gasteiger charge is -2.04. The van der Waals surface area contributed by atoms with Crippen LogP contribution in [-0.4, -0.2) is 32.6 Å². The number of carbonyl (C=O) groups is 1. The van der Waals surface area contributed by atoms with E-state index in [-0.39, 0.29) is 12.3 Å². The van der Waals surface area contributed by atoms with Crippen LogP contribution >= 0.6 is 0 Å². The van der Waals surface area contributed by atoms with Gasteiger partial charge in [-0.15, -0.1) is 0 Å². The molecule has 0 aliphatic heterocycles. The highest BCUT2D eigenvalue weighted by Crippen LogP contribution is 2.13. The van der Waals surface area contributed by atoms with Crippen LogP contribution in [0.25, 0.3) is 0 Å². The molecule has 72 valence electrons. The van der Waals surface area contributed by atoms with Crippen molar-refractivity contribution in [2.24, 2.45) is 12.8 Å². The molecule has 6 heteroatoms. The van der Waals surface area contributed by atoms with Crippen LogP contribution in [0.15, 0.2) is 6.20 Å². The van der Waals surface area contributed by atoms with E-state index in [2.05, 4.69) is 5.10 Å². The predicted molar refractivity (Wildman–Crippen MR) is 44.2 cm³/mol. The van der Waals surface area contributed by atoms with Gasteiger partial charge in [-0.2, -0.15) is 5.10 Å². The minimum absolute atomic E-state index is 0.107. The number of aliphatic hydroxyl groups is 1. The van der Waals surface area contributed by atoms with E-state index in [0.717, 1.165) is 0 Å². The van der Waals surface area contributed by atoms with Crippen LogP contribution in [0.5, 0.6) is 0 Å². The number of aliphatic hydroxyl groups excluding tert-OH is 1. The molecule has 0 spiro atoms. The lowest BCUT2D eigenvalue weighted by molar-refractivity contribution is 0.0687. The van der Waals surface area contributed by atoms with Gasteiger partial charge in [-0.3, -0.25) is 4.68 Å². The molecular formula is C7H11N3O3. The summed E-state index contributed by atoms with van der Waals surface area (Å²) >= 11 is 0. The normalized spacial score (nSPS) is 12.8. The zero-order valence-electron chi connectivity index (χ0n) is 7.14. The fourth-order valence-corrected chi connectivity index (χ4v) is 1.04. The van der Waals surface area contributed by atoms with Crippen molar-refractivity contribution >= 4 is 5.97 Å². The molecule has 0 radical (unpaired) electrons. The second kappa shape index (κ2) is 3.55. The van der Waals surface area contributed by atoms with E-state index in [1.807, 2.05) is 0 Å². The van der Waals surface area contributed by atoms with Gasteiger partial charge in [-0.1, -0.05) is 0 Å². The van der Waals surface area contributed by atoms with Crippen LogP contribution in [0.4, 0.5) is 0 Å². The molecule has 0 aliphatic carbocycles. The van der Waals surface area contributed by atoms with E-state index in [1.165, 1.54) is 10.9 Å². The summed E-state index contributed by atoms with van der Waals surface area (Å²) in [6.45, 7) is -0.300. The maximum Gasteiger partial charge on any atom is 0.356 e. The van der Waals surface area contributed by atoms with Crippen LogP contribution in [-0.2, 0) is 7.05 Å².